The third-order valence-corrected chi connectivity index (χ3v) is 3.97. The van der Waals surface area contributed by atoms with Gasteiger partial charge in [-0.3, -0.25) is 0 Å². The summed E-state index contributed by atoms with van der Waals surface area (Å²) in [5, 5.41) is 3.07. The lowest BCUT2D eigenvalue weighted by Crippen LogP contribution is -2.18. The number of rotatable bonds is 3. The number of fused-ring (bicyclic) bond motifs is 1. The van der Waals surface area contributed by atoms with Crippen LogP contribution in [0.4, 0.5) is 17.1 Å². The average Bonchev–Trinajstić information content (AvgIpc) is 2.51. The minimum atomic E-state index is 0.671. The first-order chi connectivity index (χ1) is 10.2. The van der Waals surface area contributed by atoms with Crippen molar-refractivity contribution in [3.63, 3.8) is 0 Å². The van der Waals surface area contributed by atoms with Gasteiger partial charge in [-0.2, -0.15) is 0 Å². The zero-order valence-corrected chi connectivity index (χ0v) is 12.6. The molecule has 0 saturated heterocycles. The van der Waals surface area contributed by atoms with Crippen molar-refractivity contribution in [3.8, 4) is 0 Å². The Morgan fingerprint density at radius 3 is 2.43 bits per heavy atom. The molecule has 0 atom stereocenters. The lowest BCUT2D eigenvalue weighted by atomic mass is 10.1. The minimum Gasteiger partial charge on any atom is -0.397 e. The van der Waals surface area contributed by atoms with Crippen molar-refractivity contribution in [2.24, 2.45) is 0 Å². The van der Waals surface area contributed by atoms with Gasteiger partial charge in [-0.05, 0) is 30.5 Å². The van der Waals surface area contributed by atoms with Crippen LogP contribution in [-0.2, 0) is 0 Å². The Balaban J connectivity index is 2.24. The Bertz CT molecular complexity index is 758. The number of halogens is 1. The van der Waals surface area contributed by atoms with E-state index in [0.29, 0.717) is 10.7 Å². The predicted octanol–water partition coefficient (Wildman–Crippen LogP) is 5.23. The summed E-state index contributed by atoms with van der Waals surface area (Å²) in [6.07, 6.45) is 0. The molecule has 0 radical (unpaired) electrons. The number of hydrogen-bond donors (Lipinski definition) is 1. The second-order valence-corrected chi connectivity index (χ2v) is 5.33. The van der Waals surface area contributed by atoms with E-state index >= 15 is 0 Å². The fourth-order valence-electron chi connectivity index (χ4n) is 2.71. The molecule has 3 heteroatoms. The van der Waals surface area contributed by atoms with Crippen LogP contribution in [0.2, 0.25) is 5.02 Å². The highest BCUT2D eigenvalue weighted by Crippen LogP contribution is 2.39. The highest BCUT2D eigenvalue weighted by molar-refractivity contribution is 6.34. The van der Waals surface area contributed by atoms with Gasteiger partial charge in [0, 0.05) is 17.6 Å². The maximum absolute atomic E-state index is 6.38. The fraction of sp³-hybridized carbons (Fsp3) is 0.111. The Labute approximate surface area is 129 Å². The lowest BCUT2D eigenvalue weighted by molar-refractivity contribution is 1.03. The highest BCUT2D eigenvalue weighted by Gasteiger charge is 2.15. The van der Waals surface area contributed by atoms with E-state index in [-0.39, 0.29) is 0 Å². The summed E-state index contributed by atoms with van der Waals surface area (Å²) in [5.41, 5.74) is 8.84. The number of nitrogens with two attached hydrogens (primary N) is 1. The van der Waals surface area contributed by atoms with Gasteiger partial charge in [-0.15, -0.1) is 0 Å². The lowest BCUT2D eigenvalue weighted by Gasteiger charge is -2.27. The standard InChI is InChI=1S/C18H17ClN2/c1-2-21(18-15(19)10-6-11-16(18)20)17-12-5-8-13-7-3-4-9-14(13)17/h3-12H,2,20H2,1H3. The zero-order chi connectivity index (χ0) is 14.8. The van der Waals surface area contributed by atoms with Crippen molar-refractivity contribution in [1.29, 1.82) is 0 Å². The SMILES string of the molecule is CCN(c1c(N)cccc1Cl)c1cccc2ccccc12. The summed E-state index contributed by atoms with van der Waals surface area (Å²) in [7, 11) is 0. The summed E-state index contributed by atoms with van der Waals surface area (Å²) in [5.74, 6) is 0. The first-order valence-electron chi connectivity index (χ1n) is 7.01. The topological polar surface area (TPSA) is 29.3 Å². The molecule has 0 aromatic heterocycles. The third-order valence-electron chi connectivity index (χ3n) is 3.66. The van der Waals surface area contributed by atoms with Crippen LogP contribution in [-0.4, -0.2) is 6.54 Å². The molecule has 0 heterocycles. The predicted molar refractivity (Wildman–Crippen MR) is 92.5 cm³/mol. The summed E-state index contributed by atoms with van der Waals surface area (Å²) in [4.78, 5) is 2.17. The van der Waals surface area contributed by atoms with Crippen molar-refractivity contribution in [2.75, 3.05) is 17.2 Å². The molecule has 0 unspecified atom stereocenters. The zero-order valence-electron chi connectivity index (χ0n) is 11.9. The van der Waals surface area contributed by atoms with Gasteiger partial charge in [-0.1, -0.05) is 54.1 Å². The van der Waals surface area contributed by atoms with Crippen LogP contribution in [0, 0.1) is 0 Å². The Hall–Kier alpha value is -2.19. The van der Waals surface area contributed by atoms with E-state index in [2.05, 4.69) is 48.2 Å². The van der Waals surface area contributed by atoms with E-state index in [1.54, 1.807) is 0 Å². The van der Waals surface area contributed by atoms with Gasteiger partial charge < -0.3 is 10.6 Å². The molecule has 0 aliphatic heterocycles. The first-order valence-corrected chi connectivity index (χ1v) is 7.39. The van der Waals surface area contributed by atoms with Crippen LogP contribution in [0.25, 0.3) is 10.8 Å². The van der Waals surface area contributed by atoms with Crippen LogP contribution >= 0.6 is 11.6 Å². The molecular formula is C18H17ClN2. The van der Waals surface area contributed by atoms with E-state index in [9.17, 15) is 0 Å². The van der Waals surface area contributed by atoms with Gasteiger partial charge >= 0.3 is 0 Å². The van der Waals surface area contributed by atoms with Crippen LogP contribution in [0.15, 0.2) is 60.7 Å². The van der Waals surface area contributed by atoms with E-state index in [1.165, 1.54) is 10.8 Å². The van der Waals surface area contributed by atoms with E-state index in [1.807, 2.05) is 24.3 Å². The summed E-state index contributed by atoms with van der Waals surface area (Å²) in [6.45, 7) is 2.90. The smallest absolute Gasteiger partial charge is 0.0833 e. The Morgan fingerprint density at radius 1 is 0.952 bits per heavy atom. The van der Waals surface area contributed by atoms with Crippen molar-refractivity contribution in [1.82, 2.24) is 0 Å². The number of benzene rings is 3. The summed E-state index contributed by atoms with van der Waals surface area (Å²) >= 11 is 6.38. The molecular weight excluding hydrogens is 280 g/mol. The molecule has 0 fully saturated rings. The maximum Gasteiger partial charge on any atom is 0.0833 e. The summed E-state index contributed by atoms with van der Waals surface area (Å²) in [6, 6.07) is 20.3. The van der Waals surface area contributed by atoms with Gasteiger partial charge in [0.15, 0.2) is 0 Å². The van der Waals surface area contributed by atoms with E-state index < -0.39 is 0 Å². The molecule has 0 aliphatic carbocycles. The molecule has 0 aliphatic rings. The molecule has 0 amide bonds. The molecule has 3 aromatic rings. The largest absolute Gasteiger partial charge is 0.397 e. The number of hydrogen-bond acceptors (Lipinski definition) is 2. The van der Waals surface area contributed by atoms with Crippen LogP contribution in [0.3, 0.4) is 0 Å². The fourth-order valence-corrected chi connectivity index (χ4v) is 2.99. The molecule has 3 rings (SSSR count). The molecule has 2 nitrogen and oxygen atoms in total. The van der Waals surface area contributed by atoms with Gasteiger partial charge in [-0.25, -0.2) is 0 Å². The summed E-state index contributed by atoms with van der Waals surface area (Å²) < 4.78 is 0. The molecule has 106 valence electrons. The first kappa shape index (κ1) is 13.8. The molecule has 0 spiro atoms. The molecule has 2 N–H and O–H groups in total. The van der Waals surface area contributed by atoms with Crippen molar-refractivity contribution >= 4 is 39.4 Å². The Morgan fingerprint density at radius 2 is 1.67 bits per heavy atom. The van der Waals surface area contributed by atoms with Gasteiger partial charge in [0.2, 0.25) is 0 Å². The quantitative estimate of drug-likeness (QED) is 0.670. The minimum absolute atomic E-state index is 0.671. The molecule has 3 aromatic carbocycles. The van der Waals surface area contributed by atoms with Crippen molar-refractivity contribution < 1.29 is 0 Å². The van der Waals surface area contributed by atoms with Crippen molar-refractivity contribution in [3.05, 3.63) is 65.7 Å². The average molecular weight is 297 g/mol. The van der Waals surface area contributed by atoms with Crippen LogP contribution in [0.5, 0.6) is 0 Å². The van der Waals surface area contributed by atoms with E-state index in [4.69, 9.17) is 17.3 Å². The van der Waals surface area contributed by atoms with Crippen LogP contribution < -0.4 is 10.6 Å². The van der Waals surface area contributed by atoms with Crippen LogP contribution in [0.1, 0.15) is 6.92 Å². The number of anilines is 3. The number of nitrogens with zero attached hydrogens (tertiary/aromatic N) is 1. The van der Waals surface area contributed by atoms with Gasteiger partial charge in [0.1, 0.15) is 0 Å². The third kappa shape index (κ3) is 2.43. The van der Waals surface area contributed by atoms with Crippen molar-refractivity contribution in [2.45, 2.75) is 6.92 Å². The molecule has 0 saturated carbocycles. The maximum atomic E-state index is 6.38. The van der Waals surface area contributed by atoms with Gasteiger partial charge in [0.25, 0.3) is 0 Å². The molecule has 0 bridgehead atoms. The molecule has 21 heavy (non-hydrogen) atoms. The normalized spacial score (nSPS) is 10.8. The highest BCUT2D eigenvalue weighted by atomic mass is 35.5. The van der Waals surface area contributed by atoms with E-state index in [0.717, 1.165) is 17.9 Å². The Kier molecular flexibility index (Phi) is 3.72. The second-order valence-electron chi connectivity index (χ2n) is 4.92. The number of para-hydroxylation sites is 1. The number of nitrogen functional groups attached to an aromatic ring is 1. The second kappa shape index (κ2) is 5.66. The monoisotopic (exact) mass is 296 g/mol. The van der Waals surface area contributed by atoms with Gasteiger partial charge in [0.05, 0.1) is 16.4 Å².